The van der Waals surface area contributed by atoms with Crippen molar-refractivity contribution in [1.29, 1.82) is 0 Å². The topological polar surface area (TPSA) is 37.3 Å². The van der Waals surface area contributed by atoms with Crippen LogP contribution in [0.5, 0.6) is 5.75 Å². The van der Waals surface area contributed by atoms with Gasteiger partial charge < -0.3 is 5.11 Å². The smallest absolute Gasteiger partial charge is 0.196 e. The fraction of sp³-hybridized carbons (Fsp3) is 0.348. The Kier molecular flexibility index (Phi) is 7.46. The monoisotopic (exact) mass is 336 g/mol. The molecule has 0 aromatic heterocycles. The number of unbranched alkanes of at least 4 members (excludes halogenated alkanes) is 5. The summed E-state index contributed by atoms with van der Waals surface area (Å²) in [6, 6.07) is 12.7. The molecule has 0 heterocycles. The molecule has 0 unspecified atom stereocenters. The summed E-state index contributed by atoms with van der Waals surface area (Å²) >= 11 is 0. The Balaban J connectivity index is 1.96. The minimum Gasteiger partial charge on any atom is -0.507 e. The first-order valence-electron chi connectivity index (χ1n) is 9.24. The highest BCUT2D eigenvalue weighted by Crippen LogP contribution is 2.23. The van der Waals surface area contributed by atoms with E-state index in [2.05, 4.69) is 13.5 Å². The third-order valence-electron chi connectivity index (χ3n) is 4.53. The summed E-state index contributed by atoms with van der Waals surface area (Å²) in [5, 5.41) is 10.3. The summed E-state index contributed by atoms with van der Waals surface area (Å²) < 4.78 is 0. The largest absolute Gasteiger partial charge is 0.507 e. The highest BCUT2D eigenvalue weighted by atomic mass is 16.3. The first-order chi connectivity index (χ1) is 12.2. The van der Waals surface area contributed by atoms with Crippen molar-refractivity contribution < 1.29 is 9.90 Å². The van der Waals surface area contributed by atoms with Crippen LogP contribution >= 0.6 is 0 Å². The van der Waals surface area contributed by atoms with Crippen molar-refractivity contribution in [2.75, 3.05) is 0 Å². The van der Waals surface area contributed by atoms with Gasteiger partial charge >= 0.3 is 0 Å². The maximum absolute atomic E-state index is 12.6. The molecule has 0 saturated heterocycles. The summed E-state index contributed by atoms with van der Waals surface area (Å²) in [6.07, 6.45) is 10.2. The van der Waals surface area contributed by atoms with E-state index in [0.29, 0.717) is 11.1 Å². The zero-order valence-corrected chi connectivity index (χ0v) is 15.1. The average Bonchev–Trinajstić information content (AvgIpc) is 2.64. The van der Waals surface area contributed by atoms with Gasteiger partial charge in [0.05, 0.1) is 5.56 Å². The highest BCUT2D eigenvalue weighted by molar-refractivity contribution is 6.10. The molecule has 0 spiro atoms. The number of ketones is 1. The van der Waals surface area contributed by atoms with Crippen molar-refractivity contribution in [3.8, 4) is 5.75 Å². The summed E-state index contributed by atoms with van der Waals surface area (Å²) in [7, 11) is 0. The predicted octanol–water partition coefficient (Wildman–Crippen LogP) is 6.17. The number of hydrogen-bond acceptors (Lipinski definition) is 2. The van der Waals surface area contributed by atoms with Crippen molar-refractivity contribution in [2.24, 2.45) is 0 Å². The Bertz CT molecular complexity index is 699. The van der Waals surface area contributed by atoms with Crippen LogP contribution in [0.1, 0.15) is 72.5 Å². The number of rotatable bonds is 10. The Labute approximate surface area is 151 Å². The molecule has 2 aromatic carbocycles. The zero-order chi connectivity index (χ0) is 18.1. The van der Waals surface area contributed by atoms with E-state index < -0.39 is 0 Å². The number of carbonyl (C=O) groups excluding carboxylic acids is 1. The van der Waals surface area contributed by atoms with E-state index >= 15 is 0 Å². The standard InChI is InChI=1S/C23H28O2/c1-3-5-6-7-8-9-10-19-13-16-21(22(24)17-19)23(25)20-14-11-18(4-2)12-15-20/h4,11-17,24H,2-3,5-10H2,1H3. The quantitative estimate of drug-likeness (QED) is 0.416. The number of aryl methyl sites for hydroxylation is 1. The molecule has 2 nitrogen and oxygen atoms in total. The average molecular weight is 336 g/mol. The zero-order valence-electron chi connectivity index (χ0n) is 15.1. The van der Waals surface area contributed by atoms with Crippen molar-refractivity contribution in [1.82, 2.24) is 0 Å². The molecule has 2 heteroatoms. The van der Waals surface area contributed by atoms with Crippen molar-refractivity contribution >= 4 is 11.9 Å². The lowest BCUT2D eigenvalue weighted by molar-refractivity contribution is 0.103. The van der Waals surface area contributed by atoms with Crippen molar-refractivity contribution in [2.45, 2.75) is 51.9 Å². The van der Waals surface area contributed by atoms with Gasteiger partial charge in [-0.05, 0) is 36.1 Å². The Morgan fingerprint density at radius 3 is 2.32 bits per heavy atom. The number of carbonyl (C=O) groups is 1. The molecule has 0 aliphatic carbocycles. The molecule has 0 amide bonds. The molecular weight excluding hydrogens is 308 g/mol. The molecule has 0 aliphatic rings. The van der Waals surface area contributed by atoms with E-state index in [1.54, 1.807) is 30.3 Å². The number of aromatic hydroxyl groups is 1. The van der Waals surface area contributed by atoms with E-state index in [4.69, 9.17) is 0 Å². The summed E-state index contributed by atoms with van der Waals surface area (Å²) in [6.45, 7) is 5.93. The summed E-state index contributed by atoms with van der Waals surface area (Å²) in [5.41, 5.74) is 2.99. The van der Waals surface area contributed by atoms with Gasteiger partial charge in [-0.1, -0.05) is 82.0 Å². The van der Waals surface area contributed by atoms with E-state index in [9.17, 15) is 9.90 Å². The van der Waals surface area contributed by atoms with Crippen molar-refractivity contribution in [3.05, 3.63) is 71.3 Å². The molecule has 25 heavy (non-hydrogen) atoms. The molecule has 2 aromatic rings. The number of phenolic OH excluding ortho intramolecular Hbond substituents is 1. The second kappa shape index (κ2) is 9.83. The number of benzene rings is 2. The van der Waals surface area contributed by atoms with Gasteiger partial charge in [0.2, 0.25) is 0 Å². The van der Waals surface area contributed by atoms with Gasteiger partial charge in [0.1, 0.15) is 5.75 Å². The van der Waals surface area contributed by atoms with Gasteiger partial charge in [0.15, 0.2) is 5.78 Å². The molecule has 0 atom stereocenters. The fourth-order valence-electron chi connectivity index (χ4n) is 2.96. The molecule has 0 radical (unpaired) electrons. The van der Waals surface area contributed by atoms with Gasteiger partial charge in [0.25, 0.3) is 0 Å². The summed E-state index contributed by atoms with van der Waals surface area (Å²) in [5.74, 6) is -0.0829. The van der Waals surface area contributed by atoms with Crippen LogP contribution in [0.4, 0.5) is 0 Å². The lowest BCUT2D eigenvalue weighted by Crippen LogP contribution is -2.02. The van der Waals surface area contributed by atoms with Crippen LogP contribution in [0, 0.1) is 0 Å². The van der Waals surface area contributed by atoms with Gasteiger partial charge in [-0.2, -0.15) is 0 Å². The van der Waals surface area contributed by atoms with E-state index in [1.807, 2.05) is 18.2 Å². The van der Waals surface area contributed by atoms with E-state index in [0.717, 1.165) is 24.0 Å². The summed E-state index contributed by atoms with van der Waals surface area (Å²) in [4.78, 5) is 12.6. The van der Waals surface area contributed by atoms with Crippen LogP contribution in [-0.2, 0) is 6.42 Å². The number of phenols is 1. The molecule has 0 saturated carbocycles. The molecule has 1 N–H and O–H groups in total. The van der Waals surface area contributed by atoms with Gasteiger partial charge in [-0.25, -0.2) is 0 Å². The Morgan fingerprint density at radius 2 is 1.68 bits per heavy atom. The molecule has 0 aliphatic heterocycles. The molecular formula is C23H28O2. The van der Waals surface area contributed by atoms with Crippen LogP contribution in [0.25, 0.3) is 6.08 Å². The van der Waals surface area contributed by atoms with Crippen LogP contribution in [0.2, 0.25) is 0 Å². The number of hydrogen-bond donors (Lipinski definition) is 1. The van der Waals surface area contributed by atoms with Gasteiger partial charge in [0, 0.05) is 5.56 Å². The first kappa shape index (κ1) is 19.0. The maximum Gasteiger partial charge on any atom is 0.196 e. The normalized spacial score (nSPS) is 10.6. The molecule has 0 fully saturated rings. The highest BCUT2D eigenvalue weighted by Gasteiger charge is 2.13. The van der Waals surface area contributed by atoms with Crippen LogP contribution < -0.4 is 0 Å². The second-order valence-corrected chi connectivity index (χ2v) is 6.52. The Morgan fingerprint density at radius 1 is 1.00 bits per heavy atom. The third kappa shape index (κ3) is 5.60. The maximum atomic E-state index is 12.6. The lowest BCUT2D eigenvalue weighted by Gasteiger charge is -2.08. The first-order valence-corrected chi connectivity index (χ1v) is 9.24. The van der Waals surface area contributed by atoms with E-state index in [-0.39, 0.29) is 11.5 Å². The van der Waals surface area contributed by atoms with Crippen LogP contribution in [0.15, 0.2) is 49.0 Å². The fourth-order valence-corrected chi connectivity index (χ4v) is 2.96. The predicted molar refractivity (Wildman–Crippen MR) is 105 cm³/mol. The van der Waals surface area contributed by atoms with Crippen molar-refractivity contribution in [3.63, 3.8) is 0 Å². The SMILES string of the molecule is C=Cc1ccc(C(=O)c2ccc(CCCCCCCC)cc2O)cc1. The van der Waals surface area contributed by atoms with Crippen LogP contribution in [-0.4, -0.2) is 10.9 Å². The Hall–Kier alpha value is -2.35. The third-order valence-corrected chi connectivity index (χ3v) is 4.53. The van der Waals surface area contributed by atoms with Gasteiger partial charge in [-0.15, -0.1) is 0 Å². The minimum atomic E-state index is -0.153. The second-order valence-electron chi connectivity index (χ2n) is 6.52. The molecule has 2 rings (SSSR count). The molecule has 132 valence electrons. The molecule has 0 bridgehead atoms. The lowest BCUT2D eigenvalue weighted by atomic mass is 9.98. The van der Waals surface area contributed by atoms with Crippen LogP contribution in [0.3, 0.4) is 0 Å². The van der Waals surface area contributed by atoms with E-state index in [1.165, 1.54) is 32.1 Å². The van der Waals surface area contributed by atoms with Gasteiger partial charge in [-0.3, -0.25) is 4.79 Å². The minimum absolute atomic E-state index is 0.0706.